The van der Waals surface area contributed by atoms with Crippen molar-refractivity contribution in [3.8, 4) is 0 Å². The van der Waals surface area contributed by atoms with E-state index in [9.17, 15) is 15.0 Å². The van der Waals surface area contributed by atoms with Gasteiger partial charge in [0.15, 0.2) is 0 Å². The van der Waals surface area contributed by atoms with Crippen LogP contribution in [0.4, 0.5) is 0 Å². The quantitative estimate of drug-likeness (QED) is 0.267. The zero-order valence-electron chi connectivity index (χ0n) is 17.0. The molecule has 0 aromatic carbocycles. The van der Waals surface area contributed by atoms with Crippen molar-refractivity contribution in [2.24, 2.45) is 11.8 Å². The Morgan fingerprint density at radius 2 is 2.18 bits per heavy atom. The molecule has 0 radical (unpaired) electrons. The summed E-state index contributed by atoms with van der Waals surface area (Å²) in [7, 11) is 0. The number of carbonyl (C=O) groups is 1. The fourth-order valence-electron chi connectivity index (χ4n) is 4.08. The zero-order chi connectivity index (χ0) is 20.4. The van der Waals surface area contributed by atoms with Crippen LogP contribution < -0.4 is 0 Å². The van der Waals surface area contributed by atoms with Gasteiger partial charge in [0.2, 0.25) is 0 Å². The third-order valence-corrected chi connectivity index (χ3v) is 5.60. The maximum Gasteiger partial charge on any atom is 0.305 e. The summed E-state index contributed by atoms with van der Waals surface area (Å²) < 4.78 is 10.8. The summed E-state index contributed by atoms with van der Waals surface area (Å²) in [5.41, 5.74) is 0. The van der Waals surface area contributed by atoms with Crippen LogP contribution in [0.2, 0.25) is 0 Å². The SMILES string of the molecule is CCCCC[C@H](O)/C=C/[C@@H]1[C@H]2C/C(=C/CCCC(=O)OCCO)O[C@@H]2C[C@H]1O. The van der Waals surface area contributed by atoms with Crippen molar-refractivity contribution in [2.75, 3.05) is 13.2 Å². The highest BCUT2D eigenvalue weighted by Gasteiger charge is 2.46. The van der Waals surface area contributed by atoms with Crippen molar-refractivity contribution in [3.63, 3.8) is 0 Å². The van der Waals surface area contributed by atoms with Crippen molar-refractivity contribution in [1.82, 2.24) is 0 Å². The highest BCUT2D eigenvalue weighted by atomic mass is 16.5. The molecule has 0 amide bonds. The van der Waals surface area contributed by atoms with Crippen LogP contribution in [-0.2, 0) is 14.3 Å². The molecule has 5 atom stereocenters. The van der Waals surface area contributed by atoms with Gasteiger partial charge in [-0.05, 0) is 25.3 Å². The summed E-state index contributed by atoms with van der Waals surface area (Å²) in [4.78, 5) is 11.4. The number of fused-ring (bicyclic) bond motifs is 1. The van der Waals surface area contributed by atoms with Gasteiger partial charge < -0.3 is 24.8 Å². The molecule has 0 aromatic rings. The Morgan fingerprint density at radius 3 is 2.93 bits per heavy atom. The highest BCUT2D eigenvalue weighted by Crippen LogP contribution is 2.45. The van der Waals surface area contributed by atoms with Gasteiger partial charge in [-0.25, -0.2) is 0 Å². The fraction of sp³-hybridized carbons (Fsp3) is 0.773. The number of esters is 1. The van der Waals surface area contributed by atoms with Gasteiger partial charge in [-0.2, -0.15) is 0 Å². The molecule has 6 nitrogen and oxygen atoms in total. The number of unbranched alkanes of at least 4 members (excludes halogenated alkanes) is 3. The first-order valence-electron chi connectivity index (χ1n) is 10.7. The number of carbonyl (C=O) groups excluding carboxylic acids is 1. The standard InChI is InChI=1S/C22H36O6/c1-2-3-4-7-16(24)10-11-18-19-14-17(28-21(19)15-20(18)25)8-5-6-9-22(26)27-13-12-23/h8,10-11,16,18-21,23-25H,2-7,9,12-15H2,1H3/b11-10+,17-8-/t16-,18+,19+,20+,21+/m0/s1. The first kappa shape index (κ1) is 22.9. The molecule has 0 unspecified atom stereocenters. The van der Waals surface area contributed by atoms with E-state index in [1.165, 1.54) is 0 Å². The number of hydrogen-bond acceptors (Lipinski definition) is 6. The van der Waals surface area contributed by atoms with Crippen molar-refractivity contribution in [1.29, 1.82) is 0 Å². The van der Waals surface area contributed by atoms with Crippen LogP contribution in [0.15, 0.2) is 24.0 Å². The van der Waals surface area contributed by atoms with E-state index in [0.29, 0.717) is 19.3 Å². The van der Waals surface area contributed by atoms with Crippen molar-refractivity contribution < 1.29 is 29.6 Å². The van der Waals surface area contributed by atoms with Gasteiger partial charge in [0.05, 0.1) is 24.6 Å². The van der Waals surface area contributed by atoms with E-state index in [-0.39, 0.29) is 37.1 Å². The lowest BCUT2D eigenvalue weighted by atomic mass is 9.90. The molecule has 28 heavy (non-hydrogen) atoms. The smallest absolute Gasteiger partial charge is 0.305 e. The van der Waals surface area contributed by atoms with Crippen molar-refractivity contribution in [2.45, 2.75) is 83.0 Å². The Labute approximate surface area is 168 Å². The number of aliphatic hydroxyl groups is 3. The topological polar surface area (TPSA) is 96.2 Å². The summed E-state index contributed by atoms with van der Waals surface area (Å²) in [6, 6.07) is 0. The number of rotatable bonds is 12. The zero-order valence-corrected chi connectivity index (χ0v) is 17.0. The van der Waals surface area contributed by atoms with E-state index < -0.39 is 12.2 Å². The molecule has 1 saturated heterocycles. The second kappa shape index (κ2) is 12.2. The van der Waals surface area contributed by atoms with Crippen LogP contribution in [0.1, 0.15) is 64.7 Å². The van der Waals surface area contributed by atoms with E-state index in [1.807, 2.05) is 18.2 Å². The average Bonchev–Trinajstić information content (AvgIpc) is 3.18. The molecule has 3 N–H and O–H groups in total. The van der Waals surface area contributed by atoms with Gasteiger partial charge in [0.1, 0.15) is 12.7 Å². The molecule has 2 aliphatic rings. The maximum atomic E-state index is 11.4. The first-order chi connectivity index (χ1) is 13.5. The van der Waals surface area contributed by atoms with Crippen LogP contribution in [0.25, 0.3) is 0 Å². The third-order valence-electron chi connectivity index (χ3n) is 5.60. The van der Waals surface area contributed by atoms with Gasteiger partial charge in [-0.1, -0.05) is 38.3 Å². The lowest BCUT2D eigenvalue weighted by Gasteiger charge is -2.16. The van der Waals surface area contributed by atoms with E-state index in [0.717, 1.165) is 44.3 Å². The summed E-state index contributed by atoms with van der Waals surface area (Å²) >= 11 is 0. The number of aliphatic hydroxyl groups excluding tert-OH is 3. The van der Waals surface area contributed by atoms with E-state index in [1.54, 1.807) is 0 Å². The summed E-state index contributed by atoms with van der Waals surface area (Å²) in [6.07, 6.45) is 12.2. The van der Waals surface area contributed by atoms with E-state index in [2.05, 4.69) is 6.92 Å². The summed E-state index contributed by atoms with van der Waals surface area (Å²) in [5.74, 6) is 0.912. The minimum Gasteiger partial charge on any atom is -0.495 e. The third kappa shape index (κ3) is 7.22. The molecule has 0 aromatic heterocycles. The molecular weight excluding hydrogens is 360 g/mol. The molecule has 160 valence electrons. The fourth-order valence-corrected chi connectivity index (χ4v) is 4.08. The predicted molar refractivity (Wildman–Crippen MR) is 106 cm³/mol. The molecule has 0 spiro atoms. The Kier molecular flexibility index (Phi) is 10.0. The van der Waals surface area contributed by atoms with E-state index in [4.69, 9.17) is 14.6 Å². The monoisotopic (exact) mass is 396 g/mol. The minimum absolute atomic E-state index is 0.0187. The molecule has 0 bridgehead atoms. The molecule has 1 saturated carbocycles. The predicted octanol–water partition coefficient (Wildman–Crippen LogP) is 2.86. The van der Waals surface area contributed by atoms with Crippen molar-refractivity contribution >= 4 is 5.97 Å². The lowest BCUT2D eigenvalue weighted by molar-refractivity contribution is -0.144. The Balaban J connectivity index is 1.76. The molecular formula is C22H36O6. The number of ether oxygens (including phenoxy) is 2. The van der Waals surface area contributed by atoms with Gasteiger partial charge >= 0.3 is 5.97 Å². The minimum atomic E-state index is -0.444. The Bertz CT molecular complexity index is 529. The second-order valence-electron chi connectivity index (χ2n) is 7.86. The highest BCUT2D eigenvalue weighted by molar-refractivity contribution is 5.69. The van der Waals surface area contributed by atoms with Gasteiger partial charge in [-0.15, -0.1) is 0 Å². The number of hydrogen-bond donors (Lipinski definition) is 3. The molecule has 1 aliphatic carbocycles. The number of allylic oxidation sites excluding steroid dienone is 2. The Hall–Kier alpha value is -1.37. The van der Waals surface area contributed by atoms with Crippen LogP contribution in [-0.4, -0.2) is 52.8 Å². The van der Waals surface area contributed by atoms with Crippen molar-refractivity contribution in [3.05, 3.63) is 24.0 Å². The second-order valence-corrected chi connectivity index (χ2v) is 7.86. The molecule has 2 fully saturated rings. The molecule has 1 aliphatic heterocycles. The Morgan fingerprint density at radius 1 is 1.36 bits per heavy atom. The molecule has 1 heterocycles. The largest absolute Gasteiger partial charge is 0.495 e. The van der Waals surface area contributed by atoms with Gasteiger partial charge in [0, 0.05) is 31.1 Å². The van der Waals surface area contributed by atoms with Gasteiger partial charge in [-0.3, -0.25) is 4.79 Å². The molecule has 6 heteroatoms. The normalized spacial score (nSPS) is 29.2. The lowest BCUT2D eigenvalue weighted by Crippen LogP contribution is -2.18. The molecule has 2 rings (SSSR count). The maximum absolute atomic E-state index is 11.4. The first-order valence-corrected chi connectivity index (χ1v) is 10.7. The van der Waals surface area contributed by atoms with Crippen LogP contribution >= 0.6 is 0 Å². The summed E-state index contributed by atoms with van der Waals surface area (Å²) in [5, 5.41) is 29.1. The van der Waals surface area contributed by atoms with Crippen LogP contribution in [0.3, 0.4) is 0 Å². The summed E-state index contributed by atoms with van der Waals surface area (Å²) in [6.45, 7) is 2.05. The average molecular weight is 397 g/mol. The van der Waals surface area contributed by atoms with Gasteiger partial charge in [0.25, 0.3) is 0 Å². The van der Waals surface area contributed by atoms with Crippen LogP contribution in [0, 0.1) is 11.8 Å². The van der Waals surface area contributed by atoms with E-state index >= 15 is 0 Å². The van der Waals surface area contributed by atoms with Crippen LogP contribution in [0.5, 0.6) is 0 Å².